The molecule has 1 aromatic heterocycles. The van der Waals surface area contributed by atoms with E-state index in [0.29, 0.717) is 23.3 Å². The third-order valence-corrected chi connectivity index (χ3v) is 3.75. The van der Waals surface area contributed by atoms with E-state index in [0.717, 1.165) is 16.5 Å². The number of benzene rings is 1. The Labute approximate surface area is 146 Å². The van der Waals surface area contributed by atoms with Crippen molar-refractivity contribution in [3.63, 3.8) is 0 Å². The lowest BCUT2D eigenvalue weighted by atomic mass is 10.1. The van der Waals surface area contributed by atoms with Crippen molar-refractivity contribution in [1.29, 1.82) is 0 Å². The minimum absolute atomic E-state index is 0.159. The van der Waals surface area contributed by atoms with Crippen LogP contribution in [0.25, 0.3) is 11.0 Å². The number of aliphatic hydroxyl groups is 2. The Balaban J connectivity index is 2.16. The molecular weight excluding hydrogens is 320 g/mol. The first-order chi connectivity index (χ1) is 11.9. The predicted octanol–water partition coefficient (Wildman–Crippen LogP) is 3.12. The normalized spacial score (nSPS) is 12.9. The molecule has 0 aliphatic heterocycles. The zero-order valence-corrected chi connectivity index (χ0v) is 14.8. The van der Waals surface area contributed by atoms with Gasteiger partial charge in [0.2, 0.25) is 0 Å². The van der Waals surface area contributed by atoms with Gasteiger partial charge in [-0.3, -0.25) is 0 Å². The van der Waals surface area contributed by atoms with Crippen LogP contribution in [-0.2, 0) is 0 Å². The second-order valence-corrected chi connectivity index (χ2v) is 6.22. The van der Waals surface area contributed by atoms with Gasteiger partial charge in [-0.05, 0) is 44.1 Å². The quantitative estimate of drug-likeness (QED) is 0.596. The molecule has 0 aliphatic carbocycles. The summed E-state index contributed by atoms with van der Waals surface area (Å²) in [6.45, 7) is 5.75. The van der Waals surface area contributed by atoms with Crippen molar-refractivity contribution in [3.05, 3.63) is 63.5 Å². The van der Waals surface area contributed by atoms with Crippen molar-refractivity contribution in [2.24, 2.45) is 0 Å². The standard InChI is InChI=1S/C20H24O5/c1-13(2)9-16(22)10-15(12-21)7-8-24-18-11-19(23)25-17-6-4-5-14(3)20(17)18/h4-7,9,11,16,21-22H,8,10,12H2,1-3H3. The Kier molecular flexibility index (Phi) is 6.56. The highest BCUT2D eigenvalue weighted by atomic mass is 16.5. The first kappa shape index (κ1) is 19.0. The summed E-state index contributed by atoms with van der Waals surface area (Å²) < 4.78 is 10.9. The van der Waals surface area contributed by atoms with Gasteiger partial charge in [-0.25, -0.2) is 4.79 Å². The molecule has 0 saturated heterocycles. The maximum Gasteiger partial charge on any atom is 0.339 e. The molecule has 0 fully saturated rings. The fourth-order valence-electron chi connectivity index (χ4n) is 2.65. The van der Waals surface area contributed by atoms with Gasteiger partial charge in [-0.1, -0.05) is 23.8 Å². The molecule has 0 spiro atoms. The summed E-state index contributed by atoms with van der Waals surface area (Å²) in [5.41, 5.74) is 2.64. The predicted molar refractivity (Wildman–Crippen MR) is 97.9 cm³/mol. The first-order valence-electron chi connectivity index (χ1n) is 8.19. The topological polar surface area (TPSA) is 79.9 Å². The summed E-state index contributed by atoms with van der Waals surface area (Å²) in [4.78, 5) is 11.7. The second kappa shape index (κ2) is 8.65. The summed E-state index contributed by atoms with van der Waals surface area (Å²) in [7, 11) is 0. The first-order valence-corrected chi connectivity index (χ1v) is 8.19. The molecule has 134 valence electrons. The van der Waals surface area contributed by atoms with Gasteiger partial charge in [0.15, 0.2) is 0 Å². The van der Waals surface area contributed by atoms with Crippen LogP contribution in [0.3, 0.4) is 0 Å². The monoisotopic (exact) mass is 344 g/mol. The van der Waals surface area contributed by atoms with E-state index in [1.54, 1.807) is 18.2 Å². The third-order valence-electron chi connectivity index (χ3n) is 3.75. The van der Waals surface area contributed by atoms with Crippen LogP contribution in [0, 0.1) is 6.92 Å². The van der Waals surface area contributed by atoms with Crippen molar-refractivity contribution in [3.8, 4) is 5.75 Å². The minimum Gasteiger partial charge on any atom is -0.488 e. The summed E-state index contributed by atoms with van der Waals surface area (Å²) in [6.07, 6.45) is 3.15. The largest absolute Gasteiger partial charge is 0.488 e. The van der Waals surface area contributed by atoms with Gasteiger partial charge in [0, 0.05) is 6.42 Å². The average Bonchev–Trinajstić information content (AvgIpc) is 2.52. The molecular formula is C20H24O5. The Hall–Kier alpha value is -2.37. The number of allylic oxidation sites excluding steroid dienone is 1. The van der Waals surface area contributed by atoms with Crippen molar-refractivity contribution in [1.82, 2.24) is 0 Å². The van der Waals surface area contributed by atoms with Crippen molar-refractivity contribution >= 4 is 11.0 Å². The molecule has 2 rings (SSSR count). The lowest BCUT2D eigenvalue weighted by molar-refractivity contribution is 0.213. The fourth-order valence-corrected chi connectivity index (χ4v) is 2.65. The molecule has 25 heavy (non-hydrogen) atoms. The molecule has 1 unspecified atom stereocenters. The molecule has 1 heterocycles. The van der Waals surface area contributed by atoms with Crippen LogP contribution >= 0.6 is 0 Å². The Morgan fingerprint density at radius 3 is 2.80 bits per heavy atom. The zero-order chi connectivity index (χ0) is 18.4. The van der Waals surface area contributed by atoms with Crippen molar-refractivity contribution in [2.75, 3.05) is 13.2 Å². The summed E-state index contributed by atoms with van der Waals surface area (Å²) in [5.74, 6) is 0.447. The maximum atomic E-state index is 11.7. The van der Waals surface area contributed by atoms with E-state index in [2.05, 4.69) is 0 Å². The molecule has 2 N–H and O–H groups in total. The number of rotatable bonds is 7. The molecule has 2 aromatic rings. The van der Waals surface area contributed by atoms with Gasteiger partial charge in [0.05, 0.1) is 24.2 Å². The molecule has 5 heteroatoms. The van der Waals surface area contributed by atoms with Gasteiger partial charge < -0.3 is 19.4 Å². The number of hydrogen-bond acceptors (Lipinski definition) is 5. The highest BCUT2D eigenvalue weighted by Crippen LogP contribution is 2.27. The van der Waals surface area contributed by atoms with E-state index < -0.39 is 11.7 Å². The third kappa shape index (κ3) is 5.31. The number of hydrogen-bond donors (Lipinski definition) is 2. The molecule has 1 aromatic carbocycles. The Bertz CT molecular complexity index is 841. The van der Waals surface area contributed by atoms with Crippen LogP contribution < -0.4 is 10.4 Å². The van der Waals surface area contributed by atoms with Crippen LogP contribution in [0.2, 0.25) is 0 Å². The van der Waals surface area contributed by atoms with Crippen LogP contribution in [0.4, 0.5) is 0 Å². The van der Waals surface area contributed by atoms with Crippen molar-refractivity contribution in [2.45, 2.75) is 33.3 Å². The SMILES string of the molecule is CC(C)=CC(O)CC(=CCOc1cc(=O)oc2cccc(C)c12)CO. The van der Waals surface area contributed by atoms with Gasteiger partial charge in [0.25, 0.3) is 0 Å². The summed E-state index contributed by atoms with van der Waals surface area (Å²) in [5, 5.41) is 20.1. The molecule has 0 aliphatic rings. The highest BCUT2D eigenvalue weighted by molar-refractivity contribution is 5.86. The van der Waals surface area contributed by atoms with E-state index in [1.165, 1.54) is 6.07 Å². The van der Waals surface area contributed by atoms with E-state index in [4.69, 9.17) is 9.15 Å². The van der Waals surface area contributed by atoms with Gasteiger partial charge in [-0.2, -0.15) is 0 Å². The number of aryl methyl sites for hydroxylation is 1. The zero-order valence-electron chi connectivity index (χ0n) is 14.8. The Morgan fingerprint density at radius 1 is 1.36 bits per heavy atom. The number of ether oxygens (including phenoxy) is 1. The fraction of sp³-hybridized carbons (Fsp3) is 0.350. The highest BCUT2D eigenvalue weighted by Gasteiger charge is 2.09. The van der Waals surface area contributed by atoms with Crippen LogP contribution in [0.15, 0.2) is 56.8 Å². The van der Waals surface area contributed by atoms with E-state index >= 15 is 0 Å². The van der Waals surface area contributed by atoms with Gasteiger partial charge >= 0.3 is 5.63 Å². The van der Waals surface area contributed by atoms with Crippen LogP contribution in [-0.4, -0.2) is 29.5 Å². The lowest BCUT2D eigenvalue weighted by Crippen LogP contribution is -2.08. The molecule has 1 atom stereocenters. The minimum atomic E-state index is -0.643. The maximum absolute atomic E-state index is 11.7. The summed E-state index contributed by atoms with van der Waals surface area (Å²) >= 11 is 0. The van der Waals surface area contributed by atoms with Crippen LogP contribution in [0.5, 0.6) is 5.75 Å². The average molecular weight is 344 g/mol. The van der Waals surface area contributed by atoms with E-state index in [9.17, 15) is 15.0 Å². The second-order valence-electron chi connectivity index (χ2n) is 6.22. The van der Waals surface area contributed by atoms with E-state index in [1.807, 2.05) is 32.9 Å². The van der Waals surface area contributed by atoms with E-state index in [-0.39, 0.29) is 13.2 Å². The molecule has 0 radical (unpaired) electrons. The Morgan fingerprint density at radius 2 is 2.12 bits per heavy atom. The molecule has 0 bridgehead atoms. The van der Waals surface area contributed by atoms with Crippen LogP contribution in [0.1, 0.15) is 25.8 Å². The summed E-state index contributed by atoms with van der Waals surface area (Å²) in [6, 6.07) is 6.78. The lowest BCUT2D eigenvalue weighted by Gasteiger charge is -2.11. The smallest absolute Gasteiger partial charge is 0.339 e. The molecule has 5 nitrogen and oxygen atoms in total. The number of fused-ring (bicyclic) bond motifs is 1. The molecule has 0 saturated carbocycles. The van der Waals surface area contributed by atoms with Crippen molar-refractivity contribution < 1.29 is 19.4 Å². The molecule has 0 amide bonds. The number of aliphatic hydroxyl groups excluding tert-OH is 2. The van der Waals surface area contributed by atoms with Gasteiger partial charge in [0.1, 0.15) is 17.9 Å². The van der Waals surface area contributed by atoms with Gasteiger partial charge in [-0.15, -0.1) is 0 Å².